The zero-order valence-corrected chi connectivity index (χ0v) is 23.2. The van der Waals surface area contributed by atoms with Gasteiger partial charge in [0.25, 0.3) is 0 Å². The lowest BCUT2D eigenvalue weighted by Crippen LogP contribution is -2.40. The number of ether oxygens (including phenoxy) is 2. The average Bonchev–Trinajstić information content (AvgIpc) is 3.40. The summed E-state index contributed by atoms with van der Waals surface area (Å²) in [7, 11) is -1.17. The molecule has 0 aliphatic carbocycles. The predicted octanol–water partition coefficient (Wildman–Crippen LogP) is 4.91. The van der Waals surface area contributed by atoms with Crippen LogP contribution >= 0.6 is 0 Å². The zero-order chi connectivity index (χ0) is 25.9. The largest absolute Gasteiger partial charge is 0.444 e. The Morgan fingerprint density at radius 2 is 1.97 bits per heavy atom. The number of carbonyl (C=O) groups is 1. The number of nitrogens with zero attached hydrogens (tertiary/aromatic N) is 5. The van der Waals surface area contributed by atoms with E-state index in [0.29, 0.717) is 13.3 Å². The van der Waals surface area contributed by atoms with Crippen molar-refractivity contribution in [2.75, 3.05) is 24.6 Å². The van der Waals surface area contributed by atoms with E-state index < -0.39 is 13.7 Å². The Morgan fingerprint density at radius 3 is 2.67 bits per heavy atom. The van der Waals surface area contributed by atoms with Crippen molar-refractivity contribution in [2.45, 2.75) is 71.3 Å². The van der Waals surface area contributed by atoms with Gasteiger partial charge in [-0.2, -0.15) is 0 Å². The van der Waals surface area contributed by atoms with Gasteiger partial charge in [-0.1, -0.05) is 19.6 Å². The van der Waals surface area contributed by atoms with Gasteiger partial charge in [-0.3, -0.25) is 0 Å². The van der Waals surface area contributed by atoms with E-state index in [2.05, 4.69) is 50.6 Å². The van der Waals surface area contributed by atoms with Gasteiger partial charge in [0.15, 0.2) is 0 Å². The number of hydrogen-bond donors (Lipinski definition) is 1. The molecule has 1 N–H and O–H groups in total. The minimum atomic E-state index is -1.17. The van der Waals surface area contributed by atoms with Crippen LogP contribution in [0.4, 0.5) is 10.5 Å². The average molecular weight is 511 g/mol. The molecule has 0 saturated carbocycles. The lowest BCUT2D eigenvalue weighted by atomic mass is 10.1. The number of pyridine rings is 1. The second-order valence-electron chi connectivity index (χ2n) is 11.6. The van der Waals surface area contributed by atoms with Crippen LogP contribution in [-0.2, 0) is 16.2 Å². The molecule has 0 bridgehead atoms. The second-order valence-corrected chi connectivity index (χ2v) is 17.2. The first kappa shape index (κ1) is 26.1. The van der Waals surface area contributed by atoms with E-state index in [0.717, 1.165) is 53.5 Å². The maximum Gasteiger partial charge on any atom is 0.407 e. The monoisotopic (exact) mass is 510 g/mol. The van der Waals surface area contributed by atoms with E-state index in [1.54, 1.807) is 0 Å². The summed E-state index contributed by atoms with van der Waals surface area (Å²) in [5.41, 5.74) is 3.37. The van der Waals surface area contributed by atoms with Crippen molar-refractivity contribution in [3.63, 3.8) is 0 Å². The molecule has 0 spiro atoms. The smallest absolute Gasteiger partial charge is 0.407 e. The summed E-state index contributed by atoms with van der Waals surface area (Å²) in [6, 6.07) is 3.17. The number of amides is 1. The van der Waals surface area contributed by atoms with Crippen molar-refractivity contribution >= 4 is 30.9 Å². The molecule has 0 radical (unpaired) electrons. The van der Waals surface area contributed by atoms with Gasteiger partial charge >= 0.3 is 6.09 Å². The van der Waals surface area contributed by atoms with Gasteiger partial charge in [0.05, 0.1) is 17.1 Å². The second kappa shape index (κ2) is 10.6. The summed E-state index contributed by atoms with van der Waals surface area (Å²) in [5.74, 6) is 0. The first-order valence-electron chi connectivity index (χ1n) is 12.6. The third kappa shape index (κ3) is 6.61. The first-order valence-corrected chi connectivity index (χ1v) is 16.3. The molecule has 0 aromatic carbocycles. The Labute approximate surface area is 214 Å². The predicted molar refractivity (Wildman–Crippen MR) is 145 cm³/mol. The molecule has 1 saturated heterocycles. The lowest BCUT2D eigenvalue weighted by molar-refractivity contribution is 0.0509. The third-order valence-corrected chi connectivity index (χ3v) is 7.79. The number of hydrogen-bond acceptors (Lipinski definition) is 7. The van der Waals surface area contributed by atoms with E-state index in [1.807, 2.05) is 45.4 Å². The molecule has 1 amide bonds. The van der Waals surface area contributed by atoms with Crippen LogP contribution in [0.1, 0.15) is 27.2 Å². The highest BCUT2D eigenvalue weighted by atomic mass is 28.3. The third-order valence-electron chi connectivity index (χ3n) is 6.08. The van der Waals surface area contributed by atoms with E-state index in [-0.39, 0.29) is 12.1 Å². The fourth-order valence-corrected chi connectivity index (χ4v) is 5.09. The molecule has 3 aromatic heterocycles. The number of rotatable bonds is 8. The summed E-state index contributed by atoms with van der Waals surface area (Å²) < 4.78 is 13.6. The van der Waals surface area contributed by atoms with E-state index >= 15 is 0 Å². The fraction of sp³-hybridized carbons (Fsp3) is 0.538. The van der Waals surface area contributed by atoms with Crippen LogP contribution in [-0.4, -0.2) is 65.0 Å². The van der Waals surface area contributed by atoms with Crippen molar-refractivity contribution in [1.82, 2.24) is 24.8 Å². The van der Waals surface area contributed by atoms with Crippen LogP contribution in [0.2, 0.25) is 25.7 Å². The Kier molecular flexibility index (Phi) is 7.65. The van der Waals surface area contributed by atoms with Gasteiger partial charge in [0, 0.05) is 63.7 Å². The van der Waals surface area contributed by atoms with Crippen molar-refractivity contribution in [1.29, 1.82) is 0 Å². The van der Waals surface area contributed by atoms with Gasteiger partial charge in [-0.15, -0.1) is 0 Å². The first-order chi connectivity index (χ1) is 17.0. The van der Waals surface area contributed by atoms with E-state index in [1.165, 1.54) is 6.33 Å². The molecule has 10 heteroatoms. The highest BCUT2D eigenvalue weighted by Gasteiger charge is 2.28. The summed E-state index contributed by atoms with van der Waals surface area (Å²) in [6.07, 6.45) is 9.58. The van der Waals surface area contributed by atoms with E-state index in [9.17, 15) is 4.79 Å². The molecule has 194 valence electrons. The Bertz CT molecular complexity index is 1190. The topological polar surface area (TPSA) is 94.4 Å². The number of aromatic nitrogens is 4. The maximum absolute atomic E-state index is 12.3. The summed E-state index contributed by atoms with van der Waals surface area (Å²) in [5, 5.41) is 4.06. The fourth-order valence-electron chi connectivity index (χ4n) is 4.33. The highest BCUT2D eigenvalue weighted by molar-refractivity contribution is 6.76. The van der Waals surface area contributed by atoms with Crippen molar-refractivity contribution in [3.8, 4) is 11.1 Å². The van der Waals surface area contributed by atoms with Crippen molar-refractivity contribution < 1.29 is 14.3 Å². The van der Waals surface area contributed by atoms with Crippen LogP contribution in [0.5, 0.6) is 0 Å². The number of carbonyl (C=O) groups excluding carboxylic acids is 1. The molecule has 4 heterocycles. The SMILES string of the molecule is CC(C)(C)OC(=O)N[C@H]1CCN(c2ccnc3c2c(-c2cncnc2)cn3COCC[Si](C)(C)C)C1. The number of nitrogens with one attached hydrogen (secondary N) is 1. The van der Waals surface area contributed by atoms with Crippen LogP contribution in [0.15, 0.2) is 37.2 Å². The molecule has 1 atom stereocenters. The van der Waals surface area contributed by atoms with Gasteiger partial charge in [-0.05, 0) is 39.3 Å². The minimum absolute atomic E-state index is 0.0126. The van der Waals surface area contributed by atoms with E-state index in [4.69, 9.17) is 14.5 Å². The molecule has 0 unspecified atom stereocenters. The van der Waals surface area contributed by atoms with Gasteiger partial charge in [0.1, 0.15) is 24.3 Å². The molecule has 4 rings (SSSR count). The number of alkyl carbamates (subject to hydrolysis) is 1. The molecular weight excluding hydrogens is 472 g/mol. The van der Waals surface area contributed by atoms with Gasteiger partial charge in [-0.25, -0.2) is 19.7 Å². The van der Waals surface area contributed by atoms with Crippen LogP contribution in [0.25, 0.3) is 22.2 Å². The molecule has 3 aromatic rings. The molecule has 1 aliphatic rings. The summed E-state index contributed by atoms with van der Waals surface area (Å²) in [4.78, 5) is 27.8. The number of anilines is 1. The van der Waals surface area contributed by atoms with Crippen molar-refractivity contribution in [2.24, 2.45) is 0 Å². The molecule has 1 aliphatic heterocycles. The molecular formula is C26H38N6O3Si. The Balaban J connectivity index is 1.60. The summed E-state index contributed by atoms with van der Waals surface area (Å²) in [6.45, 7) is 15.4. The highest BCUT2D eigenvalue weighted by Crippen LogP contribution is 2.37. The minimum Gasteiger partial charge on any atom is -0.444 e. The lowest BCUT2D eigenvalue weighted by Gasteiger charge is -2.23. The maximum atomic E-state index is 12.3. The van der Waals surface area contributed by atoms with Crippen LogP contribution in [0, 0.1) is 0 Å². The summed E-state index contributed by atoms with van der Waals surface area (Å²) >= 11 is 0. The molecule has 1 fully saturated rings. The zero-order valence-electron chi connectivity index (χ0n) is 22.2. The molecule has 36 heavy (non-hydrogen) atoms. The molecule has 9 nitrogen and oxygen atoms in total. The van der Waals surface area contributed by atoms with Crippen LogP contribution < -0.4 is 10.2 Å². The normalized spacial score (nSPS) is 16.5. The Morgan fingerprint density at radius 1 is 1.22 bits per heavy atom. The van der Waals surface area contributed by atoms with Crippen molar-refractivity contribution in [3.05, 3.63) is 37.2 Å². The number of fused-ring (bicyclic) bond motifs is 1. The standard InChI is InChI=1S/C26H38N6O3Si/c1-26(2,3)35-25(33)30-20-8-10-31(15-20)22-7-9-29-24-23(22)21(19-13-27-17-28-14-19)16-32(24)18-34-11-12-36(4,5)6/h7,9,13-14,16-17,20H,8,10-12,15,18H2,1-6H3,(H,30,33)/t20-/m0/s1. The van der Waals surface area contributed by atoms with Gasteiger partial charge in [0.2, 0.25) is 0 Å². The Hall–Kier alpha value is -2.98. The van der Waals surface area contributed by atoms with Gasteiger partial charge < -0.3 is 24.3 Å². The van der Waals surface area contributed by atoms with Crippen LogP contribution in [0.3, 0.4) is 0 Å². The quantitative estimate of drug-likeness (QED) is 0.340.